The highest BCUT2D eigenvalue weighted by molar-refractivity contribution is 5.24. The summed E-state index contributed by atoms with van der Waals surface area (Å²) in [6.45, 7) is 6.36. The molecule has 0 amide bonds. The Balaban J connectivity index is 2.43. The van der Waals surface area contributed by atoms with Crippen LogP contribution in [0.25, 0.3) is 0 Å². The first-order valence-electron chi connectivity index (χ1n) is 4.40. The molecule has 3 nitrogen and oxygen atoms in total. The number of rotatable bonds is 0. The van der Waals surface area contributed by atoms with Crippen molar-refractivity contribution in [3.8, 4) is 0 Å². The summed E-state index contributed by atoms with van der Waals surface area (Å²) in [5.41, 5.74) is 3.98. The number of fused-ring (bicyclic) bond motifs is 1. The lowest BCUT2D eigenvalue weighted by Crippen LogP contribution is -2.31. The van der Waals surface area contributed by atoms with Gasteiger partial charge in [0.1, 0.15) is 0 Å². The summed E-state index contributed by atoms with van der Waals surface area (Å²) >= 11 is 0. The van der Waals surface area contributed by atoms with Crippen LogP contribution in [0.5, 0.6) is 0 Å². The fourth-order valence-corrected chi connectivity index (χ4v) is 1.75. The fourth-order valence-electron chi connectivity index (χ4n) is 1.75. The number of aryl methyl sites for hydroxylation is 1. The molecule has 0 atom stereocenters. The number of nitrogens with zero attached hydrogens (tertiary/aromatic N) is 3. The first kappa shape index (κ1) is 7.80. The molecule has 0 saturated heterocycles. The largest absolute Gasteiger partial charge is 0.287 e. The van der Waals surface area contributed by atoms with Gasteiger partial charge in [0.15, 0.2) is 0 Å². The Morgan fingerprint density at radius 2 is 2.08 bits per heavy atom. The highest BCUT2D eigenvalue weighted by Gasteiger charge is 2.17. The first-order chi connectivity index (χ1) is 5.68. The average molecular weight is 165 g/mol. The minimum Gasteiger partial charge on any atom is -0.287 e. The number of hydrogen-bond acceptors (Lipinski definition) is 2. The first-order valence-corrected chi connectivity index (χ1v) is 4.40. The smallest absolute Gasteiger partial charge is 0.0929 e. The topological polar surface area (TPSA) is 21.1 Å². The van der Waals surface area contributed by atoms with Crippen LogP contribution in [-0.4, -0.2) is 28.3 Å². The van der Waals surface area contributed by atoms with Crippen molar-refractivity contribution in [3.63, 3.8) is 0 Å². The van der Waals surface area contributed by atoms with Crippen molar-refractivity contribution in [2.45, 2.75) is 26.9 Å². The van der Waals surface area contributed by atoms with Gasteiger partial charge in [-0.1, -0.05) is 0 Å². The normalized spacial score (nSPS) is 17.9. The predicted molar refractivity (Wildman–Crippen MR) is 48.0 cm³/mol. The maximum absolute atomic E-state index is 4.48. The molecule has 0 aliphatic carbocycles. The summed E-state index contributed by atoms with van der Waals surface area (Å²) in [5, 5.41) is 4.48. The van der Waals surface area contributed by atoms with Crippen LogP contribution >= 0.6 is 0 Å². The third-order valence-electron chi connectivity index (χ3n) is 2.66. The molecule has 0 fully saturated rings. The third-order valence-corrected chi connectivity index (χ3v) is 2.66. The molecule has 0 bridgehead atoms. The zero-order valence-electron chi connectivity index (χ0n) is 7.96. The molecular formula is C9H15N3. The van der Waals surface area contributed by atoms with E-state index in [1.165, 1.54) is 17.0 Å². The molecule has 0 aromatic carbocycles. The van der Waals surface area contributed by atoms with Gasteiger partial charge in [0.2, 0.25) is 0 Å². The standard InChI is InChI=1S/C9H15N3/c1-7-8(2)10-12-6-11(3)5-4-9(7)12/h4-6H2,1-3H3. The van der Waals surface area contributed by atoms with E-state index in [9.17, 15) is 0 Å². The van der Waals surface area contributed by atoms with E-state index in [4.69, 9.17) is 0 Å². The van der Waals surface area contributed by atoms with Crippen molar-refractivity contribution >= 4 is 0 Å². The molecule has 0 N–H and O–H groups in total. The molecule has 66 valence electrons. The van der Waals surface area contributed by atoms with Gasteiger partial charge < -0.3 is 0 Å². The van der Waals surface area contributed by atoms with Gasteiger partial charge in [-0.25, -0.2) is 0 Å². The van der Waals surface area contributed by atoms with E-state index < -0.39 is 0 Å². The van der Waals surface area contributed by atoms with Crippen LogP contribution in [0.2, 0.25) is 0 Å². The van der Waals surface area contributed by atoms with Crippen molar-refractivity contribution in [3.05, 3.63) is 17.0 Å². The van der Waals surface area contributed by atoms with E-state index in [2.05, 4.69) is 35.6 Å². The second-order valence-electron chi connectivity index (χ2n) is 3.63. The Morgan fingerprint density at radius 1 is 1.33 bits per heavy atom. The zero-order chi connectivity index (χ0) is 8.72. The van der Waals surface area contributed by atoms with Crippen LogP contribution in [0.3, 0.4) is 0 Å². The summed E-state index contributed by atoms with van der Waals surface area (Å²) in [6.07, 6.45) is 1.14. The van der Waals surface area contributed by atoms with Gasteiger partial charge in [0, 0.05) is 18.7 Å². The third kappa shape index (κ3) is 1.05. The molecule has 2 heterocycles. The van der Waals surface area contributed by atoms with Gasteiger partial charge in [-0.3, -0.25) is 9.58 Å². The van der Waals surface area contributed by atoms with Gasteiger partial charge in [-0.05, 0) is 26.5 Å². The van der Waals surface area contributed by atoms with Gasteiger partial charge >= 0.3 is 0 Å². The summed E-state index contributed by atoms with van der Waals surface area (Å²) in [6, 6.07) is 0. The Kier molecular flexibility index (Phi) is 1.68. The lowest BCUT2D eigenvalue weighted by molar-refractivity contribution is 0.223. The SMILES string of the molecule is Cc1nn2c(c1C)CCN(C)C2. The molecule has 0 radical (unpaired) electrons. The molecule has 12 heavy (non-hydrogen) atoms. The van der Waals surface area contributed by atoms with Crippen molar-refractivity contribution in [1.29, 1.82) is 0 Å². The predicted octanol–water partition coefficient (Wildman–Crippen LogP) is 0.945. The van der Waals surface area contributed by atoms with Crippen molar-refractivity contribution in [1.82, 2.24) is 14.7 Å². The summed E-state index contributed by atoms with van der Waals surface area (Å²) in [4.78, 5) is 2.29. The van der Waals surface area contributed by atoms with Gasteiger partial charge in [-0.2, -0.15) is 5.10 Å². The Labute approximate surface area is 73.0 Å². The molecule has 0 spiro atoms. The molecule has 0 saturated carbocycles. The van der Waals surface area contributed by atoms with Crippen LogP contribution < -0.4 is 0 Å². The summed E-state index contributed by atoms with van der Waals surface area (Å²) in [5.74, 6) is 0. The highest BCUT2D eigenvalue weighted by Crippen LogP contribution is 2.16. The van der Waals surface area contributed by atoms with Gasteiger partial charge in [0.25, 0.3) is 0 Å². The van der Waals surface area contributed by atoms with E-state index in [1.807, 2.05) is 0 Å². The second kappa shape index (κ2) is 2.59. The van der Waals surface area contributed by atoms with Crippen LogP contribution in [0.1, 0.15) is 17.0 Å². The van der Waals surface area contributed by atoms with E-state index >= 15 is 0 Å². The lowest BCUT2D eigenvalue weighted by atomic mass is 10.1. The van der Waals surface area contributed by atoms with Crippen LogP contribution in [0.4, 0.5) is 0 Å². The molecule has 0 unspecified atom stereocenters. The summed E-state index contributed by atoms with van der Waals surface area (Å²) < 4.78 is 2.12. The Morgan fingerprint density at radius 3 is 2.83 bits per heavy atom. The maximum atomic E-state index is 4.48. The van der Waals surface area contributed by atoms with Crippen LogP contribution in [-0.2, 0) is 13.1 Å². The van der Waals surface area contributed by atoms with Crippen LogP contribution in [0.15, 0.2) is 0 Å². The van der Waals surface area contributed by atoms with E-state index in [1.54, 1.807) is 0 Å². The van der Waals surface area contributed by atoms with E-state index in [-0.39, 0.29) is 0 Å². The minimum absolute atomic E-state index is 0.948. The summed E-state index contributed by atoms with van der Waals surface area (Å²) in [7, 11) is 2.13. The lowest BCUT2D eigenvalue weighted by Gasteiger charge is -2.23. The van der Waals surface area contributed by atoms with Crippen LogP contribution in [0, 0.1) is 13.8 Å². The average Bonchev–Trinajstić information content (AvgIpc) is 2.28. The maximum Gasteiger partial charge on any atom is 0.0929 e. The van der Waals surface area contributed by atoms with E-state index in [0.717, 1.165) is 19.6 Å². The molecule has 2 rings (SSSR count). The zero-order valence-corrected chi connectivity index (χ0v) is 7.96. The Bertz CT molecular complexity index is 301. The quantitative estimate of drug-likeness (QED) is 0.570. The monoisotopic (exact) mass is 165 g/mol. The fraction of sp³-hybridized carbons (Fsp3) is 0.667. The molecule has 1 aromatic rings. The number of aromatic nitrogens is 2. The van der Waals surface area contributed by atoms with Crippen molar-refractivity contribution in [2.75, 3.05) is 13.6 Å². The molecule has 3 heteroatoms. The van der Waals surface area contributed by atoms with Gasteiger partial charge in [0.05, 0.1) is 12.4 Å². The van der Waals surface area contributed by atoms with Crippen molar-refractivity contribution < 1.29 is 0 Å². The van der Waals surface area contributed by atoms with Crippen molar-refractivity contribution in [2.24, 2.45) is 0 Å². The Hall–Kier alpha value is -0.830. The minimum atomic E-state index is 0.948. The van der Waals surface area contributed by atoms with E-state index in [0.29, 0.717) is 0 Å². The molecule has 1 aromatic heterocycles. The second-order valence-corrected chi connectivity index (χ2v) is 3.63. The highest BCUT2D eigenvalue weighted by atomic mass is 15.4. The van der Waals surface area contributed by atoms with Gasteiger partial charge in [-0.15, -0.1) is 0 Å². The molecule has 1 aliphatic rings. The number of likely N-dealkylation sites (N-methyl/N-ethyl adjacent to an activating group) is 1. The molecular weight excluding hydrogens is 150 g/mol. The molecule has 1 aliphatic heterocycles. The number of hydrogen-bond donors (Lipinski definition) is 0.